The van der Waals surface area contributed by atoms with Gasteiger partial charge in [-0.05, 0) is 18.1 Å². The molecule has 5 heteroatoms. The Labute approximate surface area is 109 Å². The van der Waals surface area contributed by atoms with Gasteiger partial charge in [0.2, 0.25) is 5.91 Å². The van der Waals surface area contributed by atoms with E-state index < -0.39 is 0 Å². The minimum atomic E-state index is -0.262. The Hall–Kier alpha value is -1.75. The fourth-order valence-corrected chi connectivity index (χ4v) is 2.22. The molecular formula is C13H13FN2OS. The third-order valence-electron chi connectivity index (χ3n) is 2.65. The first-order chi connectivity index (χ1) is 8.68. The van der Waals surface area contributed by atoms with Crippen molar-refractivity contribution in [1.82, 2.24) is 4.98 Å². The smallest absolute Gasteiger partial charge is 0.228 e. The van der Waals surface area contributed by atoms with Gasteiger partial charge in [0.05, 0.1) is 0 Å². The van der Waals surface area contributed by atoms with Gasteiger partial charge in [-0.15, -0.1) is 11.3 Å². The van der Waals surface area contributed by atoms with Crippen LogP contribution in [-0.2, 0) is 11.2 Å². The van der Waals surface area contributed by atoms with Gasteiger partial charge >= 0.3 is 0 Å². The Balaban J connectivity index is 1.95. The molecule has 0 saturated heterocycles. The Bertz CT molecular complexity index is 528. The van der Waals surface area contributed by atoms with Crippen LogP contribution in [0.1, 0.15) is 12.0 Å². The fraction of sp³-hybridized carbons (Fsp3) is 0.231. The molecule has 0 fully saturated rings. The summed E-state index contributed by atoms with van der Waals surface area (Å²) in [6, 6.07) is 6.52. The Morgan fingerprint density at radius 1 is 1.44 bits per heavy atom. The average molecular weight is 264 g/mol. The number of hydrogen-bond acceptors (Lipinski definition) is 3. The highest BCUT2D eigenvalue weighted by Crippen LogP contribution is 2.17. The normalized spacial score (nSPS) is 10.3. The lowest BCUT2D eigenvalue weighted by atomic mass is 10.1. The summed E-state index contributed by atoms with van der Waals surface area (Å²) in [6.45, 7) is 0. The van der Waals surface area contributed by atoms with Crippen LogP contribution in [0.3, 0.4) is 0 Å². The second-order valence-electron chi connectivity index (χ2n) is 3.86. The molecule has 0 atom stereocenters. The van der Waals surface area contributed by atoms with Crippen LogP contribution in [0.2, 0.25) is 0 Å². The molecule has 0 aliphatic heterocycles. The van der Waals surface area contributed by atoms with Gasteiger partial charge in [0, 0.05) is 25.0 Å². The molecular weight excluding hydrogens is 251 g/mol. The lowest BCUT2D eigenvalue weighted by molar-refractivity contribution is -0.118. The van der Waals surface area contributed by atoms with Crippen molar-refractivity contribution in [2.45, 2.75) is 12.8 Å². The van der Waals surface area contributed by atoms with E-state index in [9.17, 15) is 9.18 Å². The fourth-order valence-electron chi connectivity index (χ4n) is 1.60. The van der Waals surface area contributed by atoms with Crippen LogP contribution in [0, 0.1) is 5.82 Å². The van der Waals surface area contributed by atoms with Crippen LogP contribution in [0.25, 0.3) is 0 Å². The molecule has 1 aromatic carbocycles. The summed E-state index contributed by atoms with van der Waals surface area (Å²) >= 11 is 1.40. The van der Waals surface area contributed by atoms with Crippen LogP contribution >= 0.6 is 11.3 Å². The van der Waals surface area contributed by atoms with E-state index >= 15 is 0 Å². The van der Waals surface area contributed by atoms with Crippen LogP contribution in [-0.4, -0.2) is 17.9 Å². The zero-order valence-corrected chi connectivity index (χ0v) is 10.8. The van der Waals surface area contributed by atoms with Crippen molar-refractivity contribution in [3.05, 3.63) is 47.2 Å². The molecule has 0 bridgehead atoms. The van der Waals surface area contributed by atoms with Crippen molar-refractivity contribution < 1.29 is 9.18 Å². The van der Waals surface area contributed by atoms with Crippen molar-refractivity contribution in [2.24, 2.45) is 0 Å². The molecule has 94 valence electrons. The van der Waals surface area contributed by atoms with Crippen molar-refractivity contribution in [3.63, 3.8) is 0 Å². The molecule has 0 N–H and O–H groups in total. The third kappa shape index (κ3) is 2.92. The summed E-state index contributed by atoms with van der Waals surface area (Å²) in [5.41, 5.74) is 0.568. The van der Waals surface area contributed by atoms with E-state index in [0.29, 0.717) is 17.1 Å². The molecule has 0 unspecified atom stereocenters. The molecule has 0 aliphatic rings. The largest absolute Gasteiger partial charge is 0.291 e. The minimum absolute atomic E-state index is 0.0618. The van der Waals surface area contributed by atoms with Gasteiger partial charge < -0.3 is 0 Å². The minimum Gasteiger partial charge on any atom is -0.291 e. The number of benzene rings is 1. The molecule has 1 amide bonds. The van der Waals surface area contributed by atoms with E-state index in [-0.39, 0.29) is 18.1 Å². The number of carbonyl (C=O) groups is 1. The maximum atomic E-state index is 13.4. The molecule has 0 saturated carbocycles. The summed E-state index contributed by atoms with van der Waals surface area (Å²) in [5, 5.41) is 2.48. The van der Waals surface area contributed by atoms with E-state index in [0.717, 1.165) is 0 Å². The molecule has 2 aromatic rings. The number of thiazole rings is 1. The monoisotopic (exact) mass is 264 g/mol. The van der Waals surface area contributed by atoms with E-state index in [4.69, 9.17) is 0 Å². The van der Waals surface area contributed by atoms with Gasteiger partial charge in [-0.3, -0.25) is 9.69 Å². The first-order valence-corrected chi connectivity index (χ1v) is 6.46. The molecule has 1 aromatic heterocycles. The van der Waals surface area contributed by atoms with E-state index in [1.165, 1.54) is 22.3 Å². The molecule has 3 nitrogen and oxygen atoms in total. The van der Waals surface area contributed by atoms with Crippen LogP contribution < -0.4 is 4.90 Å². The first kappa shape index (κ1) is 12.7. The first-order valence-electron chi connectivity index (χ1n) is 5.58. The molecule has 18 heavy (non-hydrogen) atoms. The van der Waals surface area contributed by atoms with Crippen molar-refractivity contribution in [1.29, 1.82) is 0 Å². The topological polar surface area (TPSA) is 33.2 Å². The van der Waals surface area contributed by atoms with Gasteiger partial charge in [-0.2, -0.15) is 0 Å². The number of hydrogen-bond donors (Lipinski definition) is 0. The Morgan fingerprint density at radius 2 is 2.22 bits per heavy atom. The number of amides is 1. The van der Waals surface area contributed by atoms with Crippen molar-refractivity contribution in [3.8, 4) is 0 Å². The van der Waals surface area contributed by atoms with Gasteiger partial charge in [0.1, 0.15) is 5.82 Å². The predicted octanol–water partition coefficient (Wildman–Crippen LogP) is 2.88. The predicted molar refractivity (Wildman–Crippen MR) is 70.2 cm³/mol. The number of aryl methyl sites for hydroxylation is 1. The van der Waals surface area contributed by atoms with Gasteiger partial charge in [-0.1, -0.05) is 18.2 Å². The number of anilines is 1. The SMILES string of the molecule is CN(C(=O)CCc1ccccc1F)c1nccs1. The Morgan fingerprint density at radius 3 is 2.89 bits per heavy atom. The maximum Gasteiger partial charge on any atom is 0.228 e. The summed E-state index contributed by atoms with van der Waals surface area (Å²) in [7, 11) is 1.68. The lowest BCUT2D eigenvalue weighted by Gasteiger charge is -2.13. The van der Waals surface area contributed by atoms with Gasteiger partial charge in [-0.25, -0.2) is 9.37 Å². The second kappa shape index (κ2) is 5.73. The molecule has 0 aliphatic carbocycles. The zero-order chi connectivity index (χ0) is 13.0. The third-order valence-corrected chi connectivity index (χ3v) is 3.49. The van der Waals surface area contributed by atoms with Crippen LogP contribution in [0.5, 0.6) is 0 Å². The maximum absolute atomic E-state index is 13.4. The molecule has 0 radical (unpaired) electrons. The van der Waals surface area contributed by atoms with Crippen LogP contribution in [0.4, 0.5) is 9.52 Å². The standard InChI is InChI=1S/C13H13FN2OS/c1-16(13-15-8-9-18-13)12(17)7-6-10-4-2-3-5-11(10)14/h2-5,8-9H,6-7H2,1H3. The molecule has 1 heterocycles. The highest BCUT2D eigenvalue weighted by molar-refractivity contribution is 7.13. The molecule has 0 spiro atoms. The van der Waals surface area contributed by atoms with E-state index in [1.807, 2.05) is 5.38 Å². The summed E-state index contributed by atoms with van der Waals surface area (Å²) < 4.78 is 13.4. The van der Waals surface area contributed by atoms with Gasteiger partial charge in [0.15, 0.2) is 5.13 Å². The molecule has 2 rings (SSSR count). The number of aromatic nitrogens is 1. The summed E-state index contributed by atoms with van der Waals surface area (Å²) in [5.74, 6) is -0.324. The van der Waals surface area contributed by atoms with Crippen LogP contribution in [0.15, 0.2) is 35.8 Å². The van der Waals surface area contributed by atoms with E-state index in [1.54, 1.807) is 31.4 Å². The second-order valence-corrected chi connectivity index (χ2v) is 4.73. The van der Waals surface area contributed by atoms with E-state index in [2.05, 4.69) is 4.98 Å². The van der Waals surface area contributed by atoms with Gasteiger partial charge in [0.25, 0.3) is 0 Å². The highest BCUT2D eigenvalue weighted by atomic mass is 32.1. The number of rotatable bonds is 4. The number of halogens is 1. The zero-order valence-electron chi connectivity index (χ0n) is 9.97. The van der Waals surface area contributed by atoms with Crippen molar-refractivity contribution in [2.75, 3.05) is 11.9 Å². The number of nitrogens with zero attached hydrogens (tertiary/aromatic N) is 2. The van der Waals surface area contributed by atoms with Crippen molar-refractivity contribution >= 4 is 22.4 Å². The highest BCUT2D eigenvalue weighted by Gasteiger charge is 2.13. The lowest BCUT2D eigenvalue weighted by Crippen LogP contribution is -2.26. The number of carbonyl (C=O) groups excluding carboxylic acids is 1. The average Bonchev–Trinajstić information content (AvgIpc) is 2.90. The quantitative estimate of drug-likeness (QED) is 0.850. The summed E-state index contributed by atoms with van der Waals surface area (Å²) in [4.78, 5) is 17.5. The Kier molecular flexibility index (Phi) is 4.04. The summed E-state index contributed by atoms with van der Waals surface area (Å²) in [6.07, 6.45) is 2.33.